The predicted molar refractivity (Wildman–Crippen MR) is 64.8 cm³/mol. The van der Waals surface area contributed by atoms with Crippen molar-refractivity contribution in [3.8, 4) is 0 Å². The molecule has 0 amide bonds. The van der Waals surface area contributed by atoms with E-state index in [-0.39, 0.29) is 6.10 Å². The molecule has 2 saturated heterocycles. The number of hydrogen-bond acceptors (Lipinski definition) is 4. The van der Waals surface area contributed by atoms with Crippen molar-refractivity contribution >= 4 is 8.56 Å². The fraction of sp³-hybridized carbons (Fsp3) is 1.00. The summed E-state index contributed by atoms with van der Waals surface area (Å²) < 4.78 is 17.9. The van der Waals surface area contributed by atoms with Gasteiger partial charge in [-0.2, -0.15) is 0 Å². The highest BCUT2D eigenvalue weighted by Gasteiger charge is 2.36. The van der Waals surface area contributed by atoms with Crippen LogP contribution >= 0.6 is 0 Å². The van der Waals surface area contributed by atoms with Crippen LogP contribution in [0.4, 0.5) is 0 Å². The second-order valence-electron chi connectivity index (χ2n) is 5.02. The summed E-state index contributed by atoms with van der Waals surface area (Å²) in [4.78, 5) is 2.32. The largest absolute Gasteiger partial charge is 0.394 e. The van der Waals surface area contributed by atoms with Gasteiger partial charge in [-0.15, -0.1) is 0 Å². The molecule has 0 radical (unpaired) electrons. The molecule has 0 aromatic heterocycles. The van der Waals surface area contributed by atoms with Gasteiger partial charge in [0.1, 0.15) is 0 Å². The first-order valence-electron chi connectivity index (χ1n) is 6.26. The molecule has 16 heavy (non-hydrogen) atoms. The Morgan fingerprint density at radius 1 is 1.25 bits per heavy atom. The first-order chi connectivity index (χ1) is 7.68. The molecule has 0 spiro atoms. The molecule has 2 fully saturated rings. The summed E-state index contributed by atoms with van der Waals surface area (Å²) in [7, 11) is 0.225. The maximum atomic E-state index is 6.22. The molecule has 4 nitrogen and oxygen atoms in total. The summed E-state index contributed by atoms with van der Waals surface area (Å²) in [6.45, 7) is 6.68. The lowest BCUT2D eigenvalue weighted by molar-refractivity contribution is 0.00693. The monoisotopic (exact) mass is 245 g/mol. The van der Waals surface area contributed by atoms with Gasteiger partial charge in [-0.1, -0.05) is 0 Å². The van der Waals surface area contributed by atoms with Crippen molar-refractivity contribution in [1.82, 2.24) is 4.90 Å². The molecule has 0 aromatic carbocycles. The van der Waals surface area contributed by atoms with E-state index in [0.29, 0.717) is 0 Å². The Balaban J connectivity index is 2.05. The van der Waals surface area contributed by atoms with Gasteiger partial charge in [0.2, 0.25) is 0 Å². The van der Waals surface area contributed by atoms with E-state index in [1.165, 1.54) is 0 Å². The van der Waals surface area contributed by atoms with Crippen molar-refractivity contribution in [2.24, 2.45) is 0 Å². The lowest BCUT2D eigenvalue weighted by Crippen LogP contribution is -2.47. The molecule has 2 heterocycles. The van der Waals surface area contributed by atoms with E-state index in [4.69, 9.17) is 13.6 Å². The molecule has 0 aliphatic carbocycles. The predicted octanol–water partition coefficient (Wildman–Crippen LogP) is 1.22. The molecule has 0 N–H and O–H groups in total. The smallest absolute Gasteiger partial charge is 0.335 e. The zero-order chi connectivity index (χ0) is 11.4. The van der Waals surface area contributed by atoms with E-state index in [1.807, 2.05) is 0 Å². The first-order valence-corrected chi connectivity index (χ1v) is 8.78. The minimum atomic E-state index is -1.92. The van der Waals surface area contributed by atoms with Gasteiger partial charge in [0.05, 0.1) is 12.7 Å². The molecular formula is C11H23NO3Si. The average Bonchev–Trinajstić information content (AvgIpc) is 2.27. The van der Waals surface area contributed by atoms with Crippen LogP contribution in [0.2, 0.25) is 12.6 Å². The van der Waals surface area contributed by atoms with E-state index in [0.717, 1.165) is 51.8 Å². The molecule has 0 aromatic rings. The van der Waals surface area contributed by atoms with Gasteiger partial charge in [-0.25, -0.2) is 0 Å². The van der Waals surface area contributed by atoms with Crippen LogP contribution in [0.3, 0.4) is 0 Å². The number of ether oxygens (including phenoxy) is 1. The van der Waals surface area contributed by atoms with Crippen molar-refractivity contribution in [2.45, 2.75) is 31.5 Å². The Morgan fingerprint density at radius 3 is 3.00 bits per heavy atom. The highest BCUT2D eigenvalue weighted by Crippen LogP contribution is 2.22. The van der Waals surface area contributed by atoms with Crippen LogP contribution in [0.1, 0.15) is 12.8 Å². The molecule has 2 rings (SSSR count). The van der Waals surface area contributed by atoms with Crippen molar-refractivity contribution in [2.75, 3.05) is 40.0 Å². The van der Waals surface area contributed by atoms with Crippen LogP contribution in [-0.2, 0) is 13.6 Å². The Labute approximate surface area is 99.1 Å². The molecule has 5 heteroatoms. The summed E-state index contributed by atoms with van der Waals surface area (Å²) >= 11 is 0. The van der Waals surface area contributed by atoms with E-state index >= 15 is 0 Å². The Hall–Kier alpha value is 0.0569. The van der Waals surface area contributed by atoms with Gasteiger partial charge in [0.15, 0.2) is 0 Å². The Bertz CT molecular complexity index is 229. The van der Waals surface area contributed by atoms with Crippen molar-refractivity contribution in [1.29, 1.82) is 0 Å². The molecule has 2 atom stereocenters. The van der Waals surface area contributed by atoms with Gasteiger partial charge in [-0.3, -0.25) is 0 Å². The third kappa shape index (κ3) is 3.53. The van der Waals surface area contributed by atoms with Crippen LogP contribution in [-0.4, -0.2) is 59.5 Å². The lowest BCUT2D eigenvalue weighted by Gasteiger charge is -2.33. The van der Waals surface area contributed by atoms with Crippen molar-refractivity contribution in [3.05, 3.63) is 0 Å². The van der Waals surface area contributed by atoms with E-state index in [1.54, 1.807) is 0 Å². The van der Waals surface area contributed by atoms with Crippen LogP contribution in [0.5, 0.6) is 0 Å². The number of likely N-dealkylation sites (N-methyl/N-ethyl adjacent to an activating group) is 1. The summed E-state index contributed by atoms with van der Waals surface area (Å²) in [5.74, 6) is 0. The number of rotatable bonds is 0. The summed E-state index contributed by atoms with van der Waals surface area (Å²) in [5.41, 5.74) is 0. The lowest BCUT2D eigenvalue weighted by atomic mass is 10.3. The van der Waals surface area contributed by atoms with Crippen LogP contribution < -0.4 is 0 Å². The van der Waals surface area contributed by atoms with Crippen molar-refractivity contribution in [3.63, 3.8) is 0 Å². The normalized spacial score (nSPS) is 39.0. The summed E-state index contributed by atoms with van der Waals surface area (Å²) in [6.07, 6.45) is 2.38. The molecule has 94 valence electrons. The fourth-order valence-corrected chi connectivity index (χ4v) is 4.95. The fourth-order valence-electron chi connectivity index (χ4n) is 2.41. The van der Waals surface area contributed by atoms with Crippen molar-refractivity contribution < 1.29 is 13.6 Å². The minimum Gasteiger partial charge on any atom is -0.394 e. The topological polar surface area (TPSA) is 30.9 Å². The third-order valence-electron chi connectivity index (χ3n) is 3.25. The summed E-state index contributed by atoms with van der Waals surface area (Å²) in [5, 5.41) is 0. The van der Waals surface area contributed by atoms with Gasteiger partial charge >= 0.3 is 8.56 Å². The number of hydrogen-bond donors (Lipinski definition) is 0. The molecular weight excluding hydrogens is 222 g/mol. The van der Waals surface area contributed by atoms with Gasteiger partial charge in [0, 0.05) is 26.3 Å². The second kappa shape index (κ2) is 5.60. The standard InChI is InChI=1S/C11H23NO3Si/c1-12-5-3-7-14-16(2)8-4-6-13-10-11(9-12)15-16/h11H,3-10H2,1-2H3. The Morgan fingerprint density at radius 2 is 2.12 bits per heavy atom. The highest BCUT2D eigenvalue weighted by molar-refractivity contribution is 6.66. The number of fused-ring (bicyclic) bond motifs is 2. The highest BCUT2D eigenvalue weighted by atomic mass is 28.4. The molecule has 2 bridgehead atoms. The molecule has 2 aliphatic heterocycles. The molecule has 2 aliphatic rings. The van der Waals surface area contributed by atoms with Gasteiger partial charge in [-0.05, 0) is 32.5 Å². The van der Waals surface area contributed by atoms with Gasteiger partial charge in [0.25, 0.3) is 0 Å². The third-order valence-corrected chi connectivity index (χ3v) is 6.15. The van der Waals surface area contributed by atoms with E-state index in [2.05, 4.69) is 18.5 Å². The Kier molecular flexibility index (Phi) is 4.38. The molecule has 0 saturated carbocycles. The van der Waals surface area contributed by atoms with Gasteiger partial charge < -0.3 is 18.5 Å². The maximum Gasteiger partial charge on any atom is 0.335 e. The minimum absolute atomic E-state index is 0.195. The first kappa shape index (κ1) is 12.5. The second-order valence-corrected chi connectivity index (χ2v) is 8.31. The molecule has 2 unspecified atom stereocenters. The SMILES string of the molecule is CN1CCCO[Si]2(C)CCCOCC(C1)O2. The zero-order valence-corrected chi connectivity index (χ0v) is 11.4. The van der Waals surface area contributed by atoms with Crippen LogP contribution in [0.25, 0.3) is 0 Å². The number of nitrogens with zero attached hydrogens (tertiary/aromatic N) is 1. The quantitative estimate of drug-likeness (QED) is 0.600. The average molecular weight is 245 g/mol. The maximum absolute atomic E-state index is 6.22. The zero-order valence-electron chi connectivity index (χ0n) is 10.4. The van der Waals surface area contributed by atoms with E-state index in [9.17, 15) is 0 Å². The van der Waals surface area contributed by atoms with Crippen LogP contribution in [0.15, 0.2) is 0 Å². The van der Waals surface area contributed by atoms with E-state index < -0.39 is 8.56 Å². The van der Waals surface area contributed by atoms with Crippen LogP contribution in [0, 0.1) is 0 Å². The summed E-state index contributed by atoms with van der Waals surface area (Å²) in [6, 6.07) is 1.06.